The Morgan fingerprint density at radius 3 is 2.06 bits per heavy atom. The second-order valence-electron chi connectivity index (χ2n) is 13.6. The third-order valence-electron chi connectivity index (χ3n) is 10.1. The molecule has 1 aliphatic heterocycles. The molecule has 0 saturated carbocycles. The van der Waals surface area contributed by atoms with E-state index in [0.717, 1.165) is 47.2 Å². The van der Waals surface area contributed by atoms with Crippen LogP contribution in [0.1, 0.15) is 59.3 Å². The third-order valence-corrected chi connectivity index (χ3v) is 10.1. The van der Waals surface area contributed by atoms with Crippen molar-refractivity contribution in [3.8, 4) is 11.1 Å². The number of likely N-dealkylation sites (N-methyl/N-ethyl adjacent to an activating group) is 2. The lowest BCUT2D eigenvalue weighted by Gasteiger charge is -2.35. The summed E-state index contributed by atoms with van der Waals surface area (Å²) < 4.78 is 0. The van der Waals surface area contributed by atoms with Gasteiger partial charge in [-0.1, -0.05) is 97.1 Å². The van der Waals surface area contributed by atoms with E-state index in [0.29, 0.717) is 24.6 Å². The lowest BCUT2D eigenvalue weighted by molar-refractivity contribution is -0.142. The molecule has 0 bridgehead atoms. The van der Waals surface area contributed by atoms with Crippen molar-refractivity contribution < 1.29 is 14.4 Å². The van der Waals surface area contributed by atoms with E-state index in [1.54, 1.807) is 26.2 Å². The van der Waals surface area contributed by atoms with Gasteiger partial charge in [0.2, 0.25) is 11.8 Å². The first-order valence-electron chi connectivity index (χ1n) is 17.7. The van der Waals surface area contributed by atoms with Gasteiger partial charge in [-0.15, -0.1) is 0 Å². The third kappa shape index (κ3) is 9.25. The molecule has 1 fully saturated rings. The molecule has 8 nitrogen and oxygen atoms in total. The van der Waals surface area contributed by atoms with Crippen LogP contribution in [0.3, 0.4) is 0 Å². The van der Waals surface area contributed by atoms with Crippen LogP contribution in [0, 0.1) is 0 Å². The molecule has 0 aliphatic carbocycles. The highest BCUT2D eigenvalue weighted by atomic mass is 16.2. The van der Waals surface area contributed by atoms with Gasteiger partial charge < -0.3 is 25.8 Å². The van der Waals surface area contributed by atoms with Crippen molar-refractivity contribution in [3.05, 3.63) is 131 Å². The van der Waals surface area contributed by atoms with E-state index in [4.69, 9.17) is 5.73 Å². The number of amides is 3. The second kappa shape index (κ2) is 17.2. The predicted molar refractivity (Wildman–Crippen MR) is 200 cm³/mol. The molecular formula is C42H51N5O3. The molecule has 4 aromatic rings. The Bertz CT molecular complexity index is 1710. The van der Waals surface area contributed by atoms with Gasteiger partial charge in [0.1, 0.15) is 12.1 Å². The number of carbonyl (C=O) groups is 3. The standard InChI is InChI=1S/C42H51N5O3/c1-30(43)35-17-11-18-36(29-35)41(49)47(4)39(28-32-20-22-34(23-21-32)33-15-9-6-10-16-33)42(50)46(3)38(27-31-13-7-5-8-14-31)40(48)44-25-24-37-19-12-26-45(37)2/h5-11,13-18,20-23,29-30,37-39H,12,19,24-28,43H2,1-4H3,(H,44,48). The van der Waals surface area contributed by atoms with Gasteiger partial charge in [0.05, 0.1) is 0 Å². The summed E-state index contributed by atoms with van der Waals surface area (Å²) in [5, 5.41) is 3.14. The predicted octanol–water partition coefficient (Wildman–Crippen LogP) is 5.73. The molecule has 3 amide bonds. The smallest absolute Gasteiger partial charge is 0.254 e. The molecule has 8 heteroatoms. The first kappa shape index (κ1) is 36.5. The van der Waals surface area contributed by atoms with Crippen molar-refractivity contribution in [2.24, 2.45) is 5.73 Å². The molecule has 0 radical (unpaired) electrons. The van der Waals surface area contributed by atoms with Gasteiger partial charge in [0.15, 0.2) is 0 Å². The van der Waals surface area contributed by atoms with Crippen LogP contribution in [-0.2, 0) is 22.4 Å². The molecule has 0 aromatic heterocycles. The van der Waals surface area contributed by atoms with E-state index in [9.17, 15) is 14.4 Å². The fraction of sp³-hybridized carbons (Fsp3) is 0.357. The molecular weight excluding hydrogens is 622 g/mol. The summed E-state index contributed by atoms with van der Waals surface area (Å²) in [7, 11) is 5.48. The number of rotatable bonds is 14. The number of likely N-dealkylation sites (tertiary alicyclic amines) is 1. The molecule has 1 heterocycles. The largest absolute Gasteiger partial charge is 0.354 e. The summed E-state index contributed by atoms with van der Waals surface area (Å²) in [6.45, 7) is 3.48. The lowest BCUT2D eigenvalue weighted by atomic mass is 9.97. The van der Waals surface area contributed by atoms with Crippen LogP contribution in [-0.4, -0.2) is 84.8 Å². The van der Waals surface area contributed by atoms with Crippen molar-refractivity contribution in [2.45, 2.75) is 63.2 Å². The van der Waals surface area contributed by atoms with Gasteiger partial charge in [-0.25, -0.2) is 0 Å². The van der Waals surface area contributed by atoms with E-state index >= 15 is 0 Å². The van der Waals surface area contributed by atoms with Gasteiger partial charge in [-0.2, -0.15) is 0 Å². The van der Waals surface area contributed by atoms with Crippen LogP contribution >= 0.6 is 0 Å². The SMILES string of the molecule is CC(N)c1cccc(C(=O)N(C)C(Cc2ccc(-c3ccccc3)cc2)C(=O)N(C)C(Cc2ccccc2)C(=O)NCCC2CCCN2C)c1. The van der Waals surface area contributed by atoms with E-state index < -0.39 is 12.1 Å². The quantitative estimate of drug-likeness (QED) is 0.178. The number of hydrogen-bond donors (Lipinski definition) is 2. The van der Waals surface area contributed by atoms with Crippen molar-refractivity contribution >= 4 is 17.7 Å². The molecule has 5 rings (SSSR count). The second-order valence-corrected chi connectivity index (χ2v) is 13.6. The fourth-order valence-corrected chi connectivity index (χ4v) is 6.83. The average molecular weight is 674 g/mol. The van der Waals surface area contributed by atoms with E-state index in [-0.39, 0.29) is 30.2 Å². The highest BCUT2D eigenvalue weighted by Gasteiger charge is 2.35. The molecule has 4 aromatic carbocycles. The zero-order chi connectivity index (χ0) is 35.6. The number of hydrogen-bond acceptors (Lipinski definition) is 5. The first-order chi connectivity index (χ1) is 24.1. The maximum Gasteiger partial charge on any atom is 0.254 e. The molecule has 50 heavy (non-hydrogen) atoms. The number of nitrogens with zero attached hydrogens (tertiary/aromatic N) is 3. The topological polar surface area (TPSA) is 99.0 Å². The van der Waals surface area contributed by atoms with Gasteiger partial charge in [-0.3, -0.25) is 14.4 Å². The lowest BCUT2D eigenvalue weighted by Crippen LogP contribution is -2.56. The summed E-state index contributed by atoms with van der Waals surface area (Å²) in [6, 6.07) is 33.8. The van der Waals surface area contributed by atoms with Crippen molar-refractivity contribution in [2.75, 3.05) is 34.2 Å². The van der Waals surface area contributed by atoms with Crippen LogP contribution in [0.2, 0.25) is 0 Å². The maximum atomic E-state index is 14.7. The zero-order valence-electron chi connectivity index (χ0n) is 29.8. The Morgan fingerprint density at radius 1 is 0.800 bits per heavy atom. The molecule has 1 aliphatic rings. The molecule has 4 atom stereocenters. The molecule has 4 unspecified atom stereocenters. The molecule has 1 saturated heterocycles. The summed E-state index contributed by atoms with van der Waals surface area (Å²) in [5.41, 5.74) is 11.5. The van der Waals surface area contributed by atoms with E-state index in [1.807, 2.05) is 91.9 Å². The highest BCUT2D eigenvalue weighted by molar-refractivity contribution is 5.98. The normalized spacial score (nSPS) is 16.3. The number of nitrogens with one attached hydrogen (secondary N) is 1. The molecule has 262 valence electrons. The molecule has 3 N–H and O–H groups in total. The highest BCUT2D eigenvalue weighted by Crippen LogP contribution is 2.23. The Kier molecular flexibility index (Phi) is 12.6. The molecule has 0 spiro atoms. The van der Waals surface area contributed by atoms with Crippen LogP contribution < -0.4 is 11.1 Å². The zero-order valence-corrected chi connectivity index (χ0v) is 29.8. The van der Waals surface area contributed by atoms with Crippen LogP contribution in [0.4, 0.5) is 0 Å². The van der Waals surface area contributed by atoms with Gasteiger partial charge in [-0.05, 0) is 79.7 Å². The van der Waals surface area contributed by atoms with Crippen molar-refractivity contribution in [1.29, 1.82) is 0 Å². The number of nitrogens with two attached hydrogens (primary N) is 1. The minimum Gasteiger partial charge on any atom is -0.354 e. The Hall–Kier alpha value is -4.79. The first-order valence-corrected chi connectivity index (χ1v) is 17.7. The summed E-state index contributed by atoms with van der Waals surface area (Å²) in [5.74, 6) is -0.789. The van der Waals surface area contributed by atoms with Gasteiger partial charge in [0.25, 0.3) is 5.91 Å². The minimum absolute atomic E-state index is 0.199. The van der Waals surface area contributed by atoms with Crippen molar-refractivity contribution in [1.82, 2.24) is 20.0 Å². The summed E-state index contributed by atoms with van der Waals surface area (Å²) in [6.07, 6.45) is 3.78. The van der Waals surface area contributed by atoms with Crippen molar-refractivity contribution in [3.63, 3.8) is 0 Å². The van der Waals surface area contributed by atoms with Crippen LogP contribution in [0.5, 0.6) is 0 Å². The van der Waals surface area contributed by atoms with Gasteiger partial charge >= 0.3 is 0 Å². The maximum absolute atomic E-state index is 14.7. The van der Waals surface area contributed by atoms with Crippen LogP contribution in [0.15, 0.2) is 109 Å². The van der Waals surface area contributed by atoms with Crippen LogP contribution in [0.25, 0.3) is 11.1 Å². The number of carbonyl (C=O) groups excluding carboxylic acids is 3. The summed E-state index contributed by atoms with van der Waals surface area (Å²) in [4.78, 5) is 48.0. The van der Waals surface area contributed by atoms with E-state index in [1.165, 1.54) is 16.2 Å². The van der Waals surface area contributed by atoms with Gasteiger partial charge in [0, 0.05) is 51.1 Å². The number of benzene rings is 4. The Balaban J connectivity index is 1.42. The average Bonchev–Trinajstić information content (AvgIpc) is 3.56. The monoisotopic (exact) mass is 673 g/mol. The summed E-state index contributed by atoms with van der Waals surface area (Å²) >= 11 is 0. The Morgan fingerprint density at radius 2 is 1.42 bits per heavy atom. The van der Waals surface area contributed by atoms with E-state index in [2.05, 4.69) is 29.4 Å². The Labute approximate surface area is 297 Å². The minimum atomic E-state index is -0.868. The fourth-order valence-electron chi connectivity index (χ4n) is 6.83.